The van der Waals surface area contributed by atoms with E-state index >= 15 is 0 Å². The van der Waals surface area contributed by atoms with Gasteiger partial charge in [-0.2, -0.15) is 0 Å². The number of hydrogen-bond donors (Lipinski definition) is 2. The predicted molar refractivity (Wildman–Crippen MR) is 62.0 cm³/mol. The summed E-state index contributed by atoms with van der Waals surface area (Å²) >= 11 is 0. The zero-order valence-corrected chi connectivity index (χ0v) is 10.3. The second kappa shape index (κ2) is 3.91. The molecular formula is C12H22N2O2. The molecule has 1 amide bonds. The lowest BCUT2D eigenvalue weighted by Crippen LogP contribution is -2.36. The van der Waals surface area contributed by atoms with E-state index in [1.807, 2.05) is 20.8 Å². The predicted octanol–water partition coefficient (Wildman–Crippen LogP) is 1.64. The molecule has 92 valence electrons. The Morgan fingerprint density at radius 3 is 2.62 bits per heavy atom. The second-order valence-electron chi connectivity index (χ2n) is 6.01. The van der Waals surface area contributed by atoms with Crippen molar-refractivity contribution in [3.63, 3.8) is 0 Å². The van der Waals surface area contributed by atoms with Gasteiger partial charge in [-0.3, -0.25) is 0 Å². The highest BCUT2D eigenvalue weighted by molar-refractivity contribution is 5.68. The van der Waals surface area contributed by atoms with Gasteiger partial charge in [0.1, 0.15) is 5.60 Å². The first kappa shape index (κ1) is 11.7. The molecule has 0 spiro atoms. The average molecular weight is 226 g/mol. The Morgan fingerprint density at radius 1 is 1.38 bits per heavy atom. The molecule has 2 saturated carbocycles. The minimum Gasteiger partial charge on any atom is -0.444 e. The third-order valence-electron chi connectivity index (χ3n) is 3.48. The van der Waals surface area contributed by atoms with E-state index in [-0.39, 0.29) is 18.2 Å². The van der Waals surface area contributed by atoms with E-state index in [0.29, 0.717) is 11.8 Å². The molecule has 2 rings (SSSR count). The largest absolute Gasteiger partial charge is 0.444 e. The van der Waals surface area contributed by atoms with Crippen molar-refractivity contribution in [1.82, 2.24) is 5.32 Å². The minimum absolute atomic E-state index is 0.257. The van der Waals surface area contributed by atoms with Gasteiger partial charge in [-0.15, -0.1) is 0 Å². The van der Waals surface area contributed by atoms with Crippen molar-refractivity contribution in [3.05, 3.63) is 0 Å². The van der Waals surface area contributed by atoms with E-state index in [9.17, 15) is 4.79 Å². The van der Waals surface area contributed by atoms with Crippen LogP contribution in [0, 0.1) is 11.8 Å². The summed E-state index contributed by atoms with van der Waals surface area (Å²) in [5, 5.41) is 2.94. The number of amides is 1. The highest BCUT2D eigenvalue weighted by atomic mass is 16.6. The quantitative estimate of drug-likeness (QED) is 0.714. The van der Waals surface area contributed by atoms with Crippen molar-refractivity contribution in [1.29, 1.82) is 0 Å². The van der Waals surface area contributed by atoms with Crippen LogP contribution in [0.1, 0.15) is 40.0 Å². The lowest BCUT2D eigenvalue weighted by molar-refractivity contribution is 0.0519. The van der Waals surface area contributed by atoms with Crippen LogP contribution in [0.25, 0.3) is 0 Å². The smallest absolute Gasteiger partial charge is 0.407 e. The molecule has 0 saturated heterocycles. The van der Waals surface area contributed by atoms with Gasteiger partial charge in [0, 0.05) is 12.1 Å². The maximum absolute atomic E-state index is 11.6. The Hall–Kier alpha value is -0.770. The third kappa shape index (κ3) is 2.48. The van der Waals surface area contributed by atoms with Gasteiger partial charge in [0.15, 0.2) is 0 Å². The Labute approximate surface area is 96.9 Å². The molecule has 4 atom stereocenters. The van der Waals surface area contributed by atoms with Crippen molar-refractivity contribution in [3.8, 4) is 0 Å². The van der Waals surface area contributed by atoms with Crippen molar-refractivity contribution in [2.75, 3.05) is 0 Å². The van der Waals surface area contributed by atoms with Crippen LogP contribution >= 0.6 is 0 Å². The van der Waals surface area contributed by atoms with Crippen LogP contribution < -0.4 is 11.1 Å². The number of carbonyl (C=O) groups is 1. The van der Waals surface area contributed by atoms with Gasteiger partial charge in [0.05, 0.1) is 0 Å². The molecule has 3 N–H and O–H groups in total. The van der Waals surface area contributed by atoms with Gasteiger partial charge >= 0.3 is 6.09 Å². The Morgan fingerprint density at radius 2 is 2.06 bits per heavy atom. The van der Waals surface area contributed by atoms with Crippen LogP contribution in [-0.4, -0.2) is 23.8 Å². The number of rotatable bonds is 1. The summed E-state index contributed by atoms with van der Waals surface area (Å²) in [6.45, 7) is 5.62. The summed E-state index contributed by atoms with van der Waals surface area (Å²) in [5.74, 6) is 1.08. The number of carbonyl (C=O) groups excluding carboxylic acids is 1. The topological polar surface area (TPSA) is 64.3 Å². The number of nitrogens with one attached hydrogen (secondary N) is 1. The standard InChI is InChI=1S/C12H22N2O2/c1-12(2,3)16-11(15)14-10-7-5-4-6-8(13)9(7)10/h7-10H,4-6,13H2,1-3H3,(H,14,15)/t7?,8?,9-,10+/m0/s1. The van der Waals surface area contributed by atoms with Crippen molar-refractivity contribution < 1.29 is 9.53 Å². The second-order valence-corrected chi connectivity index (χ2v) is 6.01. The van der Waals surface area contributed by atoms with Gasteiger partial charge in [-0.25, -0.2) is 4.79 Å². The zero-order valence-electron chi connectivity index (χ0n) is 10.3. The monoisotopic (exact) mass is 226 g/mol. The normalized spacial score (nSPS) is 37.5. The molecule has 2 fully saturated rings. The maximum Gasteiger partial charge on any atom is 0.407 e. The molecule has 0 aromatic heterocycles. The summed E-state index contributed by atoms with van der Waals surface area (Å²) in [6, 6.07) is 0.519. The lowest BCUT2D eigenvalue weighted by Gasteiger charge is -2.20. The summed E-state index contributed by atoms with van der Waals surface area (Å²) in [5.41, 5.74) is 5.60. The molecule has 16 heavy (non-hydrogen) atoms. The molecule has 0 aromatic carbocycles. The van der Waals surface area contributed by atoms with Crippen LogP contribution in [0.4, 0.5) is 4.79 Å². The third-order valence-corrected chi connectivity index (χ3v) is 3.48. The lowest BCUT2D eigenvalue weighted by atomic mass is 9.96. The van der Waals surface area contributed by atoms with Crippen LogP contribution in [0.3, 0.4) is 0 Å². The summed E-state index contributed by atoms with van der Waals surface area (Å²) in [7, 11) is 0. The van der Waals surface area contributed by atoms with Crippen LogP contribution in [0.5, 0.6) is 0 Å². The van der Waals surface area contributed by atoms with Gasteiger partial charge in [-0.05, 0) is 45.4 Å². The van der Waals surface area contributed by atoms with Crippen molar-refractivity contribution >= 4 is 6.09 Å². The first-order valence-electron chi connectivity index (χ1n) is 6.13. The molecule has 0 aliphatic heterocycles. The van der Waals surface area contributed by atoms with E-state index in [4.69, 9.17) is 10.5 Å². The maximum atomic E-state index is 11.6. The highest BCUT2D eigenvalue weighted by Crippen LogP contribution is 2.49. The van der Waals surface area contributed by atoms with E-state index < -0.39 is 5.60 Å². The molecule has 2 aliphatic rings. The van der Waals surface area contributed by atoms with E-state index in [0.717, 1.165) is 6.42 Å². The Bertz CT molecular complexity index is 285. The van der Waals surface area contributed by atoms with Crippen molar-refractivity contribution in [2.45, 2.75) is 57.7 Å². The summed E-state index contributed by atoms with van der Waals surface area (Å²) in [6.07, 6.45) is 3.17. The van der Waals surface area contributed by atoms with E-state index in [1.54, 1.807) is 0 Å². The first-order valence-corrected chi connectivity index (χ1v) is 6.13. The fraction of sp³-hybridized carbons (Fsp3) is 0.917. The molecule has 4 heteroatoms. The SMILES string of the molecule is CC(C)(C)OC(=O)N[C@@H]1C2CCCC(N)[C@H]21. The zero-order chi connectivity index (χ0) is 11.9. The van der Waals surface area contributed by atoms with Crippen LogP contribution in [0.2, 0.25) is 0 Å². The molecule has 2 aliphatic carbocycles. The fourth-order valence-electron chi connectivity index (χ4n) is 2.78. The highest BCUT2D eigenvalue weighted by Gasteiger charge is 2.55. The summed E-state index contributed by atoms with van der Waals surface area (Å²) in [4.78, 5) is 11.6. The Kier molecular flexibility index (Phi) is 2.86. The van der Waals surface area contributed by atoms with Crippen LogP contribution in [-0.2, 0) is 4.74 Å². The van der Waals surface area contributed by atoms with Gasteiger partial charge < -0.3 is 15.8 Å². The first-order chi connectivity index (χ1) is 7.38. The number of nitrogens with two attached hydrogens (primary N) is 1. The molecule has 0 heterocycles. The van der Waals surface area contributed by atoms with Gasteiger partial charge in [0.2, 0.25) is 0 Å². The van der Waals surface area contributed by atoms with Gasteiger partial charge in [0.25, 0.3) is 0 Å². The van der Waals surface area contributed by atoms with Gasteiger partial charge in [-0.1, -0.05) is 6.42 Å². The fourth-order valence-corrected chi connectivity index (χ4v) is 2.78. The van der Waals surface area contributed by atoms with Crippen molar-refractivity contribution in [2.24, 2.45) is 17.6 Å². The van der Waals surface area contributed by atoms with E-state index in [1.165, 1.54) is 12.8 Å². The molecule has 0 radical (unpaired) electrons. The summed E-state index contributed by atoms with van der Waals surface area (Å²) < 4.78 is 5.24. The molecular weight excluding hydrogens is 204 g/mol. The average Bonchev–Trinajstić information content (AvgIpc) is 2.76. The minimum atomic E-state index is -0.424. The molecule has 4 nitrogen and oxygen atoms in total. The Balaban J connectivity index is 1.81. The van der Waals surface area contributed by atoms with E-state index in [2.05, 4.69) is 5.32 Å². The molecule has 0 bridgehead atoms. The number of ether oxygens (including phenoxy) is 1. The number of hydrogen-bond acceptors (Lipinski definition) is 3. The number of alkyl carbamates (subject to hydrolysis) is 1. The molecule has 0 aromatic rings. The molecule has 2 unspecified atom stereocenters. The van der Waals surface area contributed by atoms with Crippen LogP contribution in [0.15, 0.2) is 0 Å². The number of fused-ring (bicyclic) bond motifs is 1.